The lowest BCUT2D eigenvalue weighted by Gasteiger charge is -2.47. The second kappa shape index (κ2) is 11.3. The number of alkyl halides is 3. The van der Waals surface area contributed by atoms with E-state index < -0.39 is 17.2 Å². The second-order valence-electron chi connectivity index (χ2n) is 11.1. The number of nitrogens with one attached hydrogen (secondary N) is 1. The summed E-state index contributed by atoms with van der Waals surface area (Å²) >= 11 is 0. The number of hydrogen-bond acceptors (Lipinski definition) is 5. The zero-order valence-corrected chi connectivity index (χ0v) is 21.6. The van der Waals surface area contributed by atoms with Gasteiger partial charge >= 0.3 is 12.1 Å². The fourth-order valence-corrected chi connectivity index (χ4v) is 6.78. The Morgan fingerprint density at radius 3 is 2.72 bits per heavy atom. The van der Waals surface area contributed by atoms with Crippen molar-refractivity contribution in [3.05, 3.63) is 35.1 Å². The third kappa shape index (κ3) is 6.01. The Kier molecular flexibility index (Phi) is 8.55. The summed E-state index contributed by atoms with van der Waals surface area (Å²) in [5.41, 5.74) is 1.14. The third-order valence-corrected chi connectivity index (χ3v) is 9.06. The summed E-state index contributed by atoms with van der Waals surface area (Å²) in [4.78, 5) is 15.3. The number of fused-ring (bicyclic) bond motifs is 1. The first-order chi connectivity index (χ1) is 17.1. The molecule has 202 valence electrons. The number of rotatable bonds is 5. The number of halogens is 3. The van der Waals surface area contributed by atoms with E-state index in [0.717, 1.165) is 50.2 Å². The van der Waals surface area contributed by atoms with Crippen LogP contribution in [-0.2, 0) is 9.53 Å². The minimum Gasteiger partial charge on any atom is -0.466 e. The fourth-order valence-electron chi connectivity index (χ4n) is 6.78. The molecule has 2 aliphatic heterocycles. The molecule has 2 heterocycles. The minimum atomic E-state index is -4.34. The van der Waals surface area contributed by atoms with Crippen LogP contribution < -0.4 is 5.32 Å². The summed E-state index contributed by atoms with van der Waals surface area (Å²) < 4.78 is 45.7. The molecule has 0 aromatic carbocycles. The highest BCUT2D eigenvalue weighted by molar-refractivity contribution is 5.77. The van der Waals surface area contributed by atoms with Crippen LogP contribution in [0.5, 0.6) is 0 Å². The van der Waals surface area contributed by atoms with Crippen molar-refractivity contribution in [3.8, 4) is 0 Å². The molecular formula is C28H41F3N2O3. The van der Waals surface area contributed by atoms with E-state index in [4.69, 9.17) is 4.74 Å². The van der Waals surface area contributed by atoms with Gasteiger partial charge in [0, 0.05) is 18.8 Å². The van der Waals surface area contributed by atoms with Gasteiger partial charge in [0.2, 0.25) is 0 Å². The van der Waals surface area contributed by atoms with Crippen LogP contribution in [0.4, 0.5) is 13.2 Å². The van der Waals surface area contributed by atoms with E-state index in [1.54, 1.807) is 6.08 Å². The lowest BCUT2D eigenvalue weighted by Crippen LogP contribution is -2.48. The molecule has 0 bridgehead atoms. The number of carbonyl (C=O) groups excluding carboxylic acids is 1. The van der Waals surface area contributed by atoms with Crippen LogP contribution in [0.2, 0.25) is 0 Å². The zero-order valence-electron chi connectivity index (χ0n) is 21.6. The molecule has 3 atom stereocenters. The van der Waals surface area contributed by atoms with Crippen LogP contribution in [0.3, 0.4) is 0 Å². The Labute approximate surface area is 212 Å². The van der Waals surface area contributed by atoms with Crippen molar-refractivity contribution in [1.29, 1.82) is 0 Å². The standard InChI is InChI=1S/C28H41F3N2O3/c1-3-36-26(35)27(11-8-22(34)9-12-27)13-16-33-15-10-20-17-25-23(19(2)24(20)18-33)7-6-21(28(29,30)31)5-4-14-32-25/h4-6,19-20,22,24,32,34H,3,7-18H2,1-2H3/b5-4-,21-6+/t19-,20?,22?,24?,27?/m0/s1. The van der Waals surface area contributed by atoms with E-state index in [9.17, 15) is 23.1 Å². The van der Waals surface area contributed by atoms with Crippen molar-refractivity contribution in [1.82, 2.24) is 10.2 Å². The highest BCUT2D eigenvalue weighted by atomic mass is 19.4. The molecule has 0 amide bonds. The van der Waals surface area contributed by atoms with Crippen molar-refractivity contribution >= 4 is 5.97 Å². The van der Waals surface area contributed by atoms with Crippen molar-refractivity contribution < 1.29 is 27.8 Å². The monoisotopic (exact) mass is 510 g/mol. The molecule has 1 saturated heterocycles. The Hall–Kier alpha value is -1.80. The van der Waals surface area contributed by atoms with E-state index in [-0.39, 0.29) is 18.0 Å². The van der Waals surface area contributed by atoms with E-state index in [1.165, 1.54) is 12.2 Å². The summed E-state index contributed by atoms with van der Waals surface area (Å²) in [5.74, 6) is 0.969. The normalized spacial score (nSPS) is 36.2. The first kappa shape index (κ1) is 27.2. The predicted octanol–water partition coefficient (Wildman–Crippen LogP) is 5.13. The van der Waals surface area contributed by atoms with Gasteiger partial charge in [-0.05, 0) is 94.7 Å². The number of aliphatic hydroxyl groups excluding tert-OH is 1. The van der Waals surface area contributed by atoms with E-state index in [2.05, 4.69) is 17.1 Å². The second-order valence-corrected chi connectivity index (χ2v) is 11.1. The van der Waals surface area contributed by atoms with Crippen molar-refractivity contribution in [3.63, 3.8) is 0 Å². The topological polar surface area (TPSA) is 61.8 Å². The van der Waals surface area contributed by atoms with Gasteiger partial charge in [-0.1, -0.05) is 25.2 Å². The lowest BCUT2D eigenvalue weighted by atomic mass is 9.67. The summed E-state index contributed by atoms with van der Waals surface area (Å²) in [6, 6.07) is 0. The SMILES string of the molecule is CCOC(=O)C1(CCN2CCC3CC4=C(C/C=C(C(F)(F)F)\C=C/CN4)[C@H](C)C3C2)CCC(O)CC1. The maximum Gasteiger partial charge on any atom is 0.416 e. The predicted molar refractivity (Wildman–Crippen MR) is 133 cm³/mol. The fraction of sp³-hybridized carbons (Fsp3) is 0.750. The molecule has 4 aliphatic rings. The molecule has 2 N–H and O–H groups in total. The van der Waals surface area contributed by atoms with Gasteiger partial charge in [-0.3, -0.25) is 4.79 Å². The Morgan fingerprint density at radius 1 is 1.28 bits per heavy atom. The number of hydrogen-bond donors (Lipinski definition) is 2. The molecule has 2 unspecified atom stereocenters. The van der Waals surface area contributed by atoms with Crippen LogP contribution >= 0.6 is 0 Å². The van der Waals surface area contributed by atoms with Gasteiger partial charge in [0.05, 0.1) is 23.7 Å². The van der Waals surface area contributed by atoms with Gasteiger partial charge < -0.3 is 20.1 Å². The molecular weight excluding hydrogens is 469 g/mol. The quantitative estimate of drug-likeness (QED) is 0.502. The molecule has 0 aromatic heterocycles. The molecule has 4 rings (SSSR count). The largest absolute Gasteiger partial charge is 0.466 e. The van der Waals surface area contributed by atoms with Gasteiger partial charge in [0.25, 0.3) is 0 Å². The van der Waals surface area contributed by atoms with E-state index in [1.807, 2.05) is 6.92 Å². The van der Waals surface area contributed by atoms with E-state index in [0.29, 0.717) is 57.1 Å². The number of allylic oxidation sites excluding steroid dienone is 5. The smallest absolute Gasteiger partial charge is 0.416 e. The van der Waals surface area contributed by atoms with Crippen LogP contribution in [0, 0.1) is 23.2 Å². The number of aliphatic hydroxyl groups is 1. The Bertz CT molecular complexity index is 887. The molecule has 0 radical (unpaired) electrons. The number of carbonyl (C=O) groups is 1. The summed E-state index contributed by atoms with van der Waals surface area (Å²) in [5, 5.41) is 13.4. The zero-order chi connectivity index (χ0) is 25.9. The van der Waals surface area contributed by atoms with Crippen LogP contribution in [0.15, 0.2) is 35.1 Å². The van der Waals surface area contributed by atoms with Crippen LogP contribution in [0.25, 0.3) is 0 Å². The van der Waals surface area contributed by atoms with Crippen molar-refractivity contribution in [2.24, 2.45) is 23.2 Å². The van der Waals surface area contributed by atoms with Gasteiger partial charge in [-0.2, -0.15) is 13.2 Å². The average Bonchev–Trinajstić information content (AvgIpc) is 2.95. The van der Waals surface area contributed by atoms with Gasteiger partial charge in [-0.25, -0.2) is 0 Å². The van der Waals surface area contributed by atoms with Crippen LogP contribution in [-0.4, -0.2) is 61.0 Å². The number of ether oxygens (including phenoxy) is 1. The molecule has 8 heteroatoms. The first-order valence-corrected chi connectivity index (χ1v) is 13.6. The molecule has 36 heavy (non-hydrogen) atoms. The summed E-state index contributed by atoms with van der Waals surface area (Å²) in [7, 11) is 0. The number of piperidine rings is 1. The number of nitrogens with zero attached hydrogens (tertiary/aromatic N) is 1. The van der Waals surface area contributed by atoms with Gasteiger partial charge in [0.15, 0.2) is 0 Å². The summed E-state index contributed by atoms with van der Waals surface area (Å²) in [6.45, 7) is 7.45. The number of esters is 1. The third-order valence-electron chi connectivity index (χ3n) is 9.06. The molecule has 0 aromatic rings. The van der Waals surface area contributed by atoms with Crippen LogP contribution in [0.1, 0.15) is 65.2 Å². The summed E-state index contributed by atoms with van der Waals surface area (Å²) in [6.07, 6.45) is 5.00. The highest BCUT2D eigenvalue weighted by Crippen LogP contribution is 2.45. The molecule has 0 spiro atoms. The Balaban J connectivity index is 1.44. The van der Waals surface area contributed by atoms with E-state index >= 15 is 0 Å². The van der Waals surface area contributed by atoms with Crippen molar-refractivity contribution in [2.75, 3.05) is 32.8 Å². The Morgan fingerprint density at radius 2 is 2.03 bits per heavy atom. The van der Waals surface area contributed by atoms with Gasteiger partial charge in [-0.15, -0.1) is 0 Å². The first-order valence-electron chi connectivity index (χ1n) is 13.6. The minimum absolute atomic E-state index is 0.134. The maximum absolute atomic E-state index is 13.4. The molecule has 1 saturated carbocycles. The van der Waals surface area contributed by atoms with Gasteiger partial charge in [0.1, 0.15) is 0 Å². The molecule has 2 aliphatic carbocycles. The molecule has 2 fully saturated rings. The highest BCUT2D eigenvalue weighted by Gasteiger charge is 2.44. The lowest BCUT2D eigenvalue weighted by molar-refractivity contribution is -0.160. The average molecular weight is 511 g/mol. The molecule has 5 nitrogen and oxygen atoms in total. The maximum atomic E-state index is 13.4. The van der Waals surface area contributed by atoms with Crippen molar-refractivity contribution in [2.45, 2.75) is 77.5 Å². The number of likely N-dealkylation sites (tertiary alicyclic amines) is 1.